The number of hydrogen-bond donors (Lipinski definition) is 2. The van der Waals surface area contributed by atoms with Gasteiger partial charge in [0.05, 0.1) is 18.2 Å². The molecule has 9 nitrogen and oxygen atoms in total. The van der Waals surface area contributed by atoms with Crippen LogP contribution >= 0.6 is 0 Å². The summed E-state index contributed by atoms with van der Waals surface area (Å²) in [7, 11) is 0. The fourth-order valence-electron chi connectivity index (χ4n) is 7.31. The Labute approximate surface area is 272 Å². The van der Waals surface area contributed by atoms with Crippen molar-refractivity contribution in [1.82, 2.24) is 20.5 Å². The largest absolute Gasteiger partial charge is 0.493 e. The highest BCUT2D eigenvalue weighted by Crippen LogP contribution is 2.39. The van der Waals surface area contributed by atoms with Crippen molar-refractivity contribution in [3.05, 3.63) is 82.5 Å². The van der Waals surface area contributed by atoms with Crippen molar-refractivity contribution >= 4 is 17.6 Å². The molecule has 3 aliphatic rings. The minimum Gasteiger partial charge on any atom is -0.493 e. The van der Waals surface area contributed by atoms with E-state index < -0.39 is 0 Å². The first-order chi connectivity index (χ1) is 22.3. The first-order valence-electron chi connectivity index (χ1n) is 16.9. The van der Waals surface area contributed by atoms with Crippen molar-refractivity contribution < 1.29 is 19.1 Å². The van der Waals surface area contributed by atoms with Crippen molar-refractivity contribution in [2.75, 3.05) is 37.7 Å². The van der Waals surface area contributed by atoms with Gasteiger partial charge in [0.1, 0.15) is 23.9 Å². The molecule has 46 heavy (non-hydrogen) atoms. The maximum absolute atomic E-state index is 13.2. The predicted molar refractivity (Wildman–Crippen MR) is 180 cm³/mol. The van der Waals surface area contributed by atoms with Gasteiger partial charge in [0.25, 0.3) is 11.8 Å². The lowest BCUT2D eigenvalue weighted by atomic mass is 9.96. The zero-order valence-corrected chi connectivity index (χ0v) is 27.6. The van der Waals surface area contributed by atoms with Gasteiger partial charge in [-0.15, -0.1) is 0 Å². The molecule has 6 rings (SSSR count). The number of nitrogens with zero attached hydrogens (tertiary/aromatic N) is 3. The summed E-state index contributed by atoms with van der Waals surface area (Å²) in [6.45, 7) is 12.5. The molecule has 0 aliphatic carbocycles. The number of anilines is 1. The summed E-state index contributed by atoms with van der Waals surface area (Å²) in [6.07, 6.45) is 6.49. The Balaban J connectivity index is 1.01. The number of piperidine rings is 1. The van der Waals surface area contributed by atoms with Gasteiger partial charge in [-0.05, 0) is 94.1 Å². The minimum atomic E-state index is -0.157. The van der Waals surface area contributed by atoms with Crippen LogP contribution in [-0.4, -0.2) is 72.7 Å². The van der Waals surface area contributed by atoms with Gasteiger partial charge in [0.15, 0.2) is 0 Å². The van der Waals surface area contributed by atoms with Crippen LogP contribution in [0.3, 0.4) is 0 Å². The van der Waals surface area contributed by atoms with Crippen molar-refractivity contribution in [3.63, 3.8) is 0 Å². The number of aromatic nitrogens is 1. The minimum absolute atomic E-state index is 0.0217. The van der Waals surface area contributed by atoms with Crippen LogP contribution in [0.1, 0.15) is 89.9 Å². The lowest BCUT2D eigenvalue weighted by Gasteiger charge is -2.40. The molecule has 3 aliphatic heterocycles. The van der Waals surface area contributed by atoms with Crippen molar-refractivity contribution in [1.29, 1.82) is 0 Å². The quantitative estimate of drug-likeness (QED) is 0.276. The number of amides is 2. The van der Waals surface area contributed by atoms with Crippen LogP contribution in [0, 0.1) is 6.92 Å². The number of nitrogens with one attached hydrogen (secondary N) is 2. The molecule has 2 fully saturated rings. The van der Waals surface area contributed by atoms with Crippen LogP contribution in [0.5, 0.6) is 11.5 Å². The van der Waals surface area contributed by atoms with Gasteiger partial charge in [-0.3, -0.25) is 9.59 Å². The highest BCUT2D eigenvalue weighted by atomic mass is 16.5. The van der Waals surface area contributed by atoms with Crippen LogP contribution in [0.15, 0.2) is 54.7 Å². The normalized spacial score (nSPS) is 20.6. The number of fused-ring (bicyclic) bond motifs is 3. The molecule has 2 bridgehead atoms. The number of pyridine rings is 1. The maximum Gasteiger partial charge on any atom is 0.253 e. The van der Waals surface area contributed by atoms with E-state index in [4.69, 9.17) is 14.5 Å². The fourth-order valence-corrected chi connectivity index (χ4v) is 7.31. The van der Waals surface area contributed by atoms with Crippen LogP contribution in [0.2, 0.25) is 0 Å². The number of benzene rings is 2. The van der Waals surface area contributed by atoms with E-state index in [1.54, 1.807) is 6.20 Å². The Morgan fingerprint density at radius 2 is 1.76 bits per heavy atom. The number of hydrogen-bond acceptors (Lipinski definition) is 7. The maximum atomic E-state index is 13.2. The molecular formula is C37H47N5O4. The average molecular weight is 626 g/mol. The Kier molecular flexibility index (Phi) is 9.78. The lowest BCUT2D eigenvalue weighted by Crippen LogP contribution is -2.50. The third-order valence-electron chi connectivity index (χ3n) is 9.99. The van der Waals surface area contributed by atoms with E-state index in [2.05, 4.69) is 34.3 Å². The molecule has 2 saturated heterocycles. The number of carbonyl (C=O) groups excluding carboxylic acids is 2. The van der Waals surface area contributed by atoms with Gasteiger partial charge in [0, 0.05) is 48.4 Å². The molecule has 0 saturated carbocycles. The summed E-state index contributed by atoms with van der Waals surface area (Å²) in [5.74, 6) is 2.43. The van der Waals surface area contributed by atoms with E-state index in [9.17, 15) is 9.59 Å². The van der Waals surface area contributed by atoms with Crippen LogP contribution in [0.25, 0.3) is 0 Å². The van der Waals surface area contributed by atoms with Crippen LogP contribution in [0.4, 0.5) is 5.82 Å². The molecule has 3 aromatic rings. The van der Waals surface area contributed by atoms with E-state index in [1.165, 1.54) is 5.56 Å². The molecule has 4 heterocycles. The van der Waals surface area contributed by atoms with Crippen molar-refractivity contribution in [2.45, 2.75) is 84.0 Å². The smallest absolute Gasteiger partial charge is 0.253 e. The second kappa shape index (κ2) is 14.1. The van der Waals surface area contributed by atoms with E-state index >= 15 is 0 Å². The number of rotatable bonds is 12. The predicted octanol–water partition coefficient (Wildman–Crippen LogP) is 5.47. The molecular weight excluding hydrogens is 578 g/mol. The van der Waals surface area contributed by atoms with Gasteiger partial charge < -0.3 is 29.9 Å². The molecule has 0 radical (unpaired) electrons. The van der Waals surface area contributed by atoms with Gasteiger partial charge in [-0.2, -0.15) is 0 Å². The SMILES string of the molecule is CCN(CC)CCOc1ccc([C@H](C)NC(=O)c2ccc(N3[C@@H]4CC[C@H]3C[C@@H](NC(=O)c3ccc5c(c3C)OCC5)C4)nc2)cc1. The summed E-state index contributed by atoms with van der Waals surface area (Å²) in [5.41, 5.74) is 4.37. The molecule has 244 valence electrons. The first-order valence-corrected chi connectivity index (χ1v) is 16.9. The van der Waals surface area contributed by atoms with Crippen molar-refractivity contribution in [3.8, 4) is 11.5 Å². The highest BCUT2D eigenvalue weighted by molar-refractivity contribution is 5.97. The summed E-state index contributed by atoms with van der Waals surface area (Å²) in [5, 5.41) is 6.41. The Morgan fingerprint density at radius 3 is 2.43 bits per heavy atom. The summed E-state index contributed by atoms with van der Waals surface area (Å²) >= 11 is 0. The van der Waals surface area contributed by atoms with Crippen LogP contribution < -0.4 is 25.0 Å². The average Bonchev–Trinajstić information content (AvgIpc) is 3.66. The van der Waals surface area contributed by atoms with Gasteiger partial charge in [0.2, 0.25) is 0 Å². The Hall–Kier alpha value is -4.11. The third-order valence-corrected chi connectivity index (χ3v) is 9.99. The molecule has 2 amide bonds. The molecule has 9 heteroatoms. The molecule has 0 spiro atoms. The first kappa shape index (κ1) is 31.9. The van der Waals surface area contributed by atoms with Gasteiger partial charge in [-0.1, -0.05) is 32.0 Å². The van der Waals surface area contributed by atoms with Crippen LogP contribution in [-0.2, 0) is 6.42 Å². The highest BCUT2D eigenvalue weighted by Gasteiger charge is 2.42. The molecule has 1 aromatic heterocycles. The Bertz CT molecular complexity index is 1510. The standard InChI is InChI=1S/C37H47N5O4/c1-5-41(6-2)18-20-45-32-13-7-26(8-14-32)25(4)39-36(43)28-10-16-34(38-23-28)42-30-11-12-31(42)22-29(21-30)40-37(44)33-15-9-27-17-19-46-35(27)24(33)3/h7-10,13-16,23,25,29-31H,5-6,11-12,17-22H2,1-4H3,(H,39,43)(H,40,44)/t25-,29-,30+,31-/m0/s1. The molecule has 2 aromatic carbocycles. The second-order valence-electron chi connectivity index (χ2n) is 12.8. The molecule has 0 unspecified atom stereocenters. The topological polar surface area (TPSA) is 96.0 Å². The molecule has 2 N–H and O–H groups in total. The summed E-state index contributed by atoms with van der Waals surface area (Å²) < 4.78 is 11.7. The fraction of sp³-hybridized carbons (Fsp3) is 0.486. The van der Waals surface area contributed by atoms with Crippen molar-refractivity contribution in [2.24, 2.45) is 0 Å². The number of carbonyl (C=O) groups is 2. The van der Waals surface area contributed by atoms with E-state index in [0.717, 1.165) is 80.2 Å². The zero-order chi connectivity index (χ0) is 32.2. The zero-order valence-electron chi connectivity index (χ0n) is 27.6. The number of ether oxygens (including phenoxy) is 2. The van der Waals surface area contributed by atoms with Gasteiger partial charge >= 0.3 is 0 Å². The Morgan fingerprint density at radius 1 is 1.02 bits per heavy atom. The lowest BCUT2D eigenvalue weighted by molar-refractivity contribution is 0.0922. The second-order valence-corrected chi connectivity index (χ2v) is 12.8. The number of likely N-dealkylation sites (N-methyl/N-ethyl adjacent to an activating group) is 1. The monoisotopic (exact) mass is 625 g/mol. The third kappa shape index (κ3) is 6.84. The van der Waals surface area contributed by atoms with Gasteiger partial charge in [-0.25, -0.2) is 4.98 Å². The summed E-state index contributed by atoms with van der Waals surface area (Å²) in [6, 6.07) is 16.3. The van der Waals surface area contributed by atoms with E-state index in [0.29, 0.717) is 36.4 Å². The van der Waals surface area contributed by atoms with E-state index in [1.807, 2.05) is 62.4 Å². The van der Waals surface area contributed by atoms with E-state index in [-0.39, 0.29) is 23.9 Å². The summed E-state index contributed by atoms with van der Waals surface area (Å²) in [4.78, 5) is 35.8. The molecule has 4 atom stereocenters.